The Kier molecular flexibility index (Phi) is 5.04. The van der Waals surface area contributed by atoms with Gasteiger partial charge >= 0.3 is 5.91 Å². The fraction of sp³-hybridized carbons (Fsp3) is 0.0800. The first-order valence-corrected chi connectivity index (χ1v) is 11.1. The molecule has 5 nitrogen and oxygen atoms in total. The Morgan fingerprint density at radius 2 is 1.69 bits per heavy atom. The van der Waals surface area contributed by atoms with Gasteiger partial charge in [0.25, 0.3) is 5.78 Å². The molecule has 3 aromatic carbocycles. The van der Waals surface area contributed by atoms with Crippen molar-refractivity contribution in [2.24, 2.45) is 0 Å². The van der Waals surface area contributed by atoms with Gasteiger partial charge in [-0.1, -0.05) is 77.0 Å². The van der Waals surface area contributed by atoms with Crippen molar-refractivity contribution in [2.75, 3.05) is 4.90 Å². The number of para-hydroxylation sites is 1. The number of carbonyl (C=O) groups excluding carboxylic acids is 2. The Bertz CT molecular complexity index is 1360. The number of fused-ring (bicyclic) bond motifs is 1. The van der Waals surface area contributed by atoms with Gasteiger partial charge in [-0.3, -0.25) is 14.5 Å². The first kappa shape index (κ1) is 20.4. The smallest absolute Gasteiger partial charge is 0.301 e. The first-order chi connectivity index (χ1) is 15.4. The zero-order valence-corrected chi connectivity index (χ0v) is 18.5. The lowest BCUT2D eigenvalue weighted by molar-refractivity contribution is -0.132. The van der Waals surface area contributed by atoms with Gasteiger partial charge in [0.15, 0.2) is 5.13 Å². The van der Waals surface area contributed by atoms with E-state index in [1.54, 1.807) is 36.4 Å². The number of anilines is 1. The van der Waals surface area contributed by atoms with Gasteiger partial charge < -0.3 is 5.11 Å². The van der Waals surface area contributed by atoms with Gasteiger partial charge in [0.1, 0.15) is 5.76 Å². The molecule has 0 radical (unpaired) electrons. The molecular weight excluding hydrogens is 444 g/mol. The van der Waals surface area contributed by atoms with E-state index in [1.165, 1.54) is 16.2 Å². The van der Waals surface area contributed by atoms with Crippen LogP contribution in [0.15, 0.2) is 78.4 Å². The molecule has 2 heterocycles. The topological polar surface area (TPSA) is 70.5 Å². The number of amides is 1. The summed E-state index contributed by atoms with van der Waals surface area (Å²) in [7, 11) is 0. The zero-order chi connectivity index (χ0) is 22.4. The number of carbonyl (C=O) groups is 2. The third-order valence-electron chi connectivity index (χ3n) is 5.44. The summed E-state index contributed by atoms with van der Waals surface area (Å²) >= 11 is 7.40. The SMILES string of the molecule is Cc1ccc(/C(O)=C2\C(=O)C(=O)N(c3nc4ccccc4s3)C2c2ccc(Cl)cc2)cc1. The lowest BCUT2D eigenvalue weighted by atomic mass is 9.95. The molecule has 1 fully saturated rings. The summed E-state index contributed by atoms with van der Waals surface area (Å²) in [6, 6.07) is 20.8. The summed E-state index contributed by atoms with van der Waals surface area (Å²) in [4.78, 5) is 32.3. The number of aliphatic hydroxyl groups is 1. The number of aromatic nitrogens is 1. The molecule has 1 N–H and O–H groups in total. The number of rotatable bonds is 3. The van der Waals surface area contributed by atoms with Gasteiger partial charge in [-0.2, -0.15) is 0 Å². The van der Waals surface area contributed by atoms with Crippen molar-refractivity contribution >= 4 is 55.7 Å². The number of halogens is 1. The molecule has 1 aromatic heterocycles. The molecule has 5 rings (SSSR count). The predicted molar refractivity (Wildman–Crippen MR) is 127 cm³/mol. The zero-order valence-electron chi connectivity index (χ0n) is 16.9. The van der Waals surface area contributed by atoms with Gasteiger partial charge in [0, 0.05) is 10.6 Å². The molecule has 1 aliphatic rings. The highest BCUT2D eigenvalue weighted by molar-refractivity contribution is 7.22. The summed E-state index contributed by atoms with van der Waals surface area (Å²) in [5, 5.41) is 12.1. The maximum Gasteiger partial charge on any atom is 0.301 e. The summed E-state index contributed by atoms with van der Waals surface area (Å²) < 4.78 is 0.901. The van der Waals surface area contributed by atoms with Crippen LogP contribution in [0.1, 0.15) is 22.7 Å². The van der Waals surface area contributed by atoms with E-state index in [4.69, 9.17) is 11.6 Å². The van der Waals surface area contributed by atoms with Crippen molar-refractivity contribution in [3.63, 3.8) is 0 Å². The van der Waals surface area contributed by atoms with Gasteiger partial charge in [-0.25, -0.2) is 4.98 Å². The van der Waals surface area contributed by atoms with Crippen LogP contribution in [-0.4, -0.2) is 21.8 Å². The molecular formula is C25H17ClN2O3S. The molecule has 32 heavy (non-hydrogen) atoms. The van der Waals surface area contributed by atoms with Crippen LogP contribution in [0.2, 0.25) is 5.02 Å². The number of nitrogens with zero attached hydrogens (tertiary/aromatic N) is 2. The monoisotopic (exact) mass is 460 g/mol. The van der Waals surface area contributed by atoms with Crippen LogP contribution in [0.25, 0.3) is 16.0 Å². The normalized spacial score (nSPS) is 17.9. The number of benzene rings is 3. The Morgan fingerprint density at radius 3 is 2.38 bits per heavy atom. The molecule has 158 valence electrons. The molecule has 1 saturated heterocycles. The Labute approximate surface area is 193 Å². The molecule has 7 heteroatoms. The molecule has 1 unspecified atom stereocenters. The third kappa shape index (κ3) is 3.38. The number of aryl methyl sites for hydroxylation is 1. The molecule has 0 aliphatic carbocycles. The molecule has 1 atom stereocenters. The number of aliphatic hydroxyl groups excluding tert-OH is 1. The maximum atomic E-state index is 13.2. The number of thiazole rings is 1. The molecule has 1 amide bonds. The lowest BCUT2D eigenvalue weighted by Gasteiger charge is -2.23. The summed E-state index contributed by atoms with van der Waals surface area (Å²) in [6.07, 6.45) is 0. The van der Waals surface area contributed by atoms with Crippen molar-refractivity contribution in [1.29, 1.82) is 0 Å². The van der Waals surface area contributed by atoms with E-state index in [0.29, 0.717) is 21.3 Å². The standard InChI is InChI=1S/C25H17ClN2O3S/c1-14-6-8-16(9-7-14)22(29)20-21(15-10-12-17(26)13-11-15)28(24(31)23(20)30)25-27-18-4-2-3-5-19(18)32-25/h2-13,21,29H,1H3/b22-20+. The maximum absolute atomic E-state index is 13.2. The number of Topliss-reactive ketones (excluding diaryl/α,β-unsaturated/α-hetero) is 1. The van der Waals surface area contributed by atoms with E-state index in [0.717, 1.165) is 15.8 Å². The van der Waals surface area contributed by atoms with Crippen molar-refractivity contribution in [1.82, 2.24) is 4.98 Å². The Hall–Kier alpha value is -3.48. The van der Waals surface area contributed by atoms with Crippen molar-refractivity contribution in [3.8, 4) is 0 Å². The minimum Gasteiger partial charge on any atom is -0.507 e. The second-order valence-electron chi connectivity index (χ2n) is 7.55. The fourth-order valence-corrected chi connectivity index (χ4v) is 4.94. The number of hydrogen-bond donors (Lipinski definition) is 1. The minimum absolute atomic E-state index is 0.0282. The first-order valence-electron chi connectivity index (χ1n) is 9.93. The van der Waals surface area contributed by atoms with Crippen molar-refractivity contribution < 1.29 is 14.7 Å². The second-order valence-corrected chi connectivity index (χ2v) is 9.00. The summed E-state index contributed by atoms with van der Waals surface area (Å²) in [5.74, 6) is -1.69. The minimum atomic E-state index is -0.825. The van der Waals surface area contributed by atoms with Crippen LogP contribution in [0, 0.1) is 6.92 Å². The molecule has 0 spiro atoms. The largest absolute Gasteiger partial charge is 0.507 e. The molecule has 1 aliphatic heterocycles. The van der Waals surface area contributed by atoms with Crippen LogP contribution >= 0.6 is 22.9 Å². The van der Waals surface area contributed by atoms with Gasteiger partial charge in [-0.15, -0.1) is 0 Å². The second kappa shape index (κ2) is 7.89. The van der Waals surface area contributed by atoms with Crippen LogP contribution in [0.4, 0.5) is 5.13 Å². The van der Waals surface area contributed by atoms with Crippen LogP contribution in [-0.2, 0) is 9.59 Å². The van der Waals surface area contributed by atoms with Crippen LogP contribution in [0.3, 0.4) is 0 Å². The van der Waals surface area contributed by atoms with E-state index in [-0.39, 0.29) is 11.3 Å². The van der Waals surface area contributed by atoms with E-state index < -0.39 is 17.7 Å². The predicted octanol–water partition coefficient (Wildman–Crippen LogP) is 5.88. The fourth-order valence-electron chi connectivity index (χ4n) is 3.82. The lowest BCUT2D eigenvalue weighted by Crippen LogP contribution is -2.29. The Morgan fingerprint density at radius 1 is 1.00 bits per heavy atom. The van der Waals surface area contributed by atoms with Gasteiger partial charge in [0.2, 0.25) is 0 Å². The average Bonchev–Trinajstić information content (AvgIpc) is 3.33. The van der Waals surface area contributed by atoms with Crippen molar-refractivity contribution in [2.45, 2.75) is 13.0 Å². The van der Waals surface area contributed by atoms with Crippen molar-refractivity contribution in [3.05, 3.63) is 100 Å². The van der Waals surface area contributed by atoms with Crippen LogP contribution < -0.4 is 4.90 Å². The molecule has 0 bridgehead atoms. The van der Waals surface area contributed by atoms with E-state index >= 15 is 0 Å². The molecule has 4 aromatic rings. The quantitative estimate of drug-likeness (QED) is 0.235. The van der Waals surface area contributed by atoms with Gasteiger partial charge in [0.05, 0.1) is 21.8 Å². The van der Waals surface area contributed by atoms with Crippen LogP contribution in [0.5, 0.6) is 0 Å². The highest BCUT2D eigenvalue weighted by Gasteiger charge is 2.48. The van der Waals surface area contributed by atoms with E-state index in [9.17, 15) is 14.7 Å². The van der Waals surface area contributed by atoms with E-state index in [1.807, 2.05) is 43.3 Å². The average molecular weight is 461 g/mol. The summed E-state index contributed by atoms with van der Waals surface area (Å²) in [6.45, 7) is 1.93. The number of hydrogen-bond acceptors (Lipinski definition) is 5. The highest BCUT2D eigenvalue weighted by atomic mass is 35.5. The van der Waals surface area contributed by atoms with Gasteiger partial charge in [-0.05, 0) is 36.8 Å². The molecule has 0 saturated carbocycles. The number of ketones is 1. The van der Waals surface area contributed by atoms with E-state index in [2.05, 4.69) is 4.98 Å². The third-order valence-corrected chi connectivity index (χ3v) is 6.73. The summed E-state index contributed by atoms with van der Waals surface area (Å²) in [5.41, 5.74) is 2.91. The highest BCUT2D eigenvalue weighted by Crippen LogP contribution is 2.44. The Balaban J connectivity index is 1.73.